The van der Waals surface area contributed by atoms with Crippen LogP contribution < -0.4 is 5.32 Å². The molecule has 0 bridgehead atoms. The van der Waals surface area contributed by atoms with E-state index in [4.69, 9.17) is 5.11 Å². The Morgan fingerprint density at radius 1 is 1.44 bits per heavy atom. The second kappa shape index (κ2) is 5.66. The van der Waals surface area contributed by atoms with Crippen molar-refractivity contribution in [2.24, 2.45) is 13.0 Å². The van der Waals surface area contributed by atoms with E-state index in [9.17, 15) is 9.59 Å². The van der Waals surface area contributed by atoms with E-state index in [1.165, 1.54) is 4.68 Å². The largest absolute Gasteiger partial charge is 0.481 e. The Balaban J connectivity index is 2.70. The van der Waals surface area contributed by atoms with Crippen LogP contribution >= 0.6 is 0 Å². The van der Waals surface area contributed by atoms with Crippen LogP contribution in [0.3, 0.4) is 0 Å². The minimum absolute atomic E-state index is 0.107. The zero-order valence-corrected chi connectivity index (χ0v) is 11.1. The maximum absolute atomic E-state index is 11.9. The van der Waals surface area contributed by atoms with Crippen LogP contribution in [0.2, 0.25) is 0 Å². The normalized spacial score (nSPS) is 12.5. The van der Waals surface area contributed by atoms with Gasteiger partial charge in [0, 0.05) is 13.6 Å². The molecular formula is C12H19N3O3. The van der Waals surface area contributed by atoms with Crippen molar-refractivity contribution in [3.8, 4) is 0 Å². The summed E-state index contributed by atoms with van der Waals surface area (Å²) in [5, 5.41) is 15.6. The fourth-order valence-corrected chi connectivity index (χ4v) is 1.41. The van der Waals surface area contributed by atoms with Crippen molar-refractivity contribution in [2.75, 3.05) is 6.54 Å². The molecule has 1 aromatic rings. The van der Waals surface area contributed by atoms with Crippen molar-refractivity contribution in [3.63, 3.8) is 0 Å². The molecule has 6 heteroatoms. The van der Waals surface area contributed by atoms with E-state index in [1.54, 1.807) is 20.0 Å². The Kier molecular flexibility index (Phi) is 4.47. The van der Waals surface area contributed by atoms with Gasteiger partial charge >= 0.3 is 5.97 Å². The average Bonchev–Trinajstić information content (AvgIpc) is 2.67. The highest BCUT2D eigenvalue weighted by Gasteiger charge is 2.17. The standard InChI is InChI=1S/C12H19N3O3/c1-7(2)9-5-10(15(4)14-9)11(16)13-6-8(3)12(17)18/h5,7-8H,6H2,1-4H3,(H,13,16)(H,17,18)/t8-/m0/s1. The molecule has 1 atom stereocenters. The number of hydrogen-bond donors (Lipinski definition) is 2. The molecule has 0 saturated heterocycles. The molecule has 0 saturated carbocycles. The van der Waals surface area contributed by atoms with Gasteiger partial charge in [0.2, 0.25) is 0 Å². The first-order valence-electron chi connectivity index (χ1n) is 5.87. The topological polar surface area (TPSA) is 84.2 Å². The Morgan fingerprint density at radius 3 is 2.50 bits per heavy atom. The number of amides is 1. The zero-order valence-electron chi connectivity index (χ0n) is 11.1. The van der Waals surface area contributed by atoms with Gasteiger partial charge in [0.1, 0.15) is 5.69 Å². The Labute approximate surface area is 106 Å². The van der Waals surface area contributed by atoms with E-state index in [2.05, 4.69) is 10.4 Å². The number of carbonyl (C=O) groups excluding carboxylic acids is 1. The second-order valence-electron chi connectivity index (χ2n) is 4.68. The van der Waals surface area contributed by atoms with Crippen molar-refractivity contribution in [3.05, 3.63) is 17.5 Å². The van der Waals surface area contributed by atoms with Crippen molar-refractivity contribution < 1.29 is 14.7 Å². The molecule has 0 aliphatic carbocycles. The molecule has 1 heterocycles. The number of aryl methyl sites for hydroxylation is 1. The molecule has 0 aliphatic heterocycles. The SMILES string of the molecule is CC(C)c1cc(C(=O)NC[C@H](C)C(=O)O)n(C)n1. The highest BCUT2D eigenvalue weighted by atomic mass is 16.4. The van der Waals surface area contributed by atoms with Crippen molar-refractivity contribution in [1.29, 1.82) is 0 Å². The van der Waals surface area contributed by atoms with Crippen molar-refractivity contribution >= 4 is 11.9 Å². The number of carboxylic acid groups (broad SMARTS) is 1. The summed E-state index contributed by atoms with van der Waals surface area (Å²) >= 11 is 0. The Hall–Kier alpha value is -1.85. The van der Waals surface area contributed by atoms with Gasteiger partial charge in [0.15, 0.2) is 0 Å². The van der Waals surface area contributed by atoms with Crippen LogP contribution in [0.15, 0.2) is 6.07 Å². The Morgan fingerprint density at radius 2 is 2.06 bits per heavy atom. The number of aliphatic carboxylic acids is 1. The summed E-state index contributed by atoms with van der Waals surface area (Å²) in [7, 11) is 1.70. The molecule has 100 valence electrons. The van der Waals surface area contributed by atoms with E-state index in [0.29, 0.717) is 5.69 Å². The van der Waals surface area contributed by atoms with Gasteiger partial charge in [-0.1, -0.05) is 20.8 Å². The lowest BCUT2D eigenvalue weighted by Crippen LogP contribution is -2.32. The first-order chi connectivity index (χ1) is 8.32. The van der Waals surface area contributed by atoms with Crippen LogP contribution in [-0.4, -0.2) is 33.3 Å². The van der Waals surface area contributed by atoms with Gasteiger partial charge < -0.3 is 10.4 Å². The predicted octanol–water partition coefficient (Wildman–Crippen LogP) is 0.994. The molecule has 0 fully saturated rings. The summed E-state index contributed by atoms with van der Waals surface area (Å²) in [5.74, 6) is -1.59. The molecule has 0 unspecified atom stereocenters. The molecule has 0 aromatic carbocycles. The van der Waals surface area contributed by atoms with Gasteiger partial charge in [-0.15, -0.1) is 0 Å². The number of nitrogens with one attached hydrogen (secondary N) is 1. The van der Waals surface area contributed by atoms with E-state index >= 15 is 0 Å². The molecule has 6 nitrogen and oxygen atoms in total. The van der Waals surface area contributed by atoms with Gasteiger partial charge in [0.25, 0.3) is 5.91 Å². The van der Waals surface area contributed by atoms with Gasteiger partial charge in [0.05, 0.1) is 11.6 Å². The summed E-state index contributed by atoms with van der Waals surface area (Å²) in [6, 6.07) is 1.73. The van der Waals surface area contributed by atoms with Crippen molar-refractivity contribution in [2.45, 2.75) is 26.7 Å². The highest BCUT2D eigenvalue weighted by molar-refractivity contribution is 5.92. The van der Waals surface area contributed by atoms with E-state index in [1.807, 2.05) is 13.8 Å². The molecular weight excluding hydrogens is 234 g/mol. The lowest BCUT2D eigenvalue weighted by molar-refractivity contribution is -0.140. The third-order valence-electron chi connectivity index (χ3n) is 2.71. The minimum Gasteiger partial charge on any atom is -0.481 e. The first kappa shape index (κ1) is 14.2. The van der Waals surface area contributed by atoms with Gasteiger partial charge in [-0.2, -0.15) is 5.10 Å². The molecule has 0 radical (unpaired) electrons. The third-order valence-corrected chi connectivity index (χ3v) is 2.71. The maximum Gasteiger partial charge on any atom is 0.308 e. The molecule has 0 spiro atoms. The number of nitrogens with zero attached hydrogens (tertiary/aromatic N) is 2. The maximum atomic E-state index is 11.9. The monoisotopic (exact) mass is 253 g/mol. The number of carboxylic acids is 1. The molecule has 18 heavy (non-hydrogen) atoms. The average molecular weight is 253 g/mol. The van der Waals surface area contributed by atoms with E-state index < -0.39 is 11.9 Å². The second-order valence-corrected chi connectivity index (χ2v) is 4.68. The third kappa shape index (κ3) is 3.32. The molecule has 1 aromatic heterocycles. The summed E-state index contributed by atoms with van der Waals surface area (Å²) in [6.45, 7) is 5.65. The number of carbonyl (C=O) groups is 2. The molecule has 0 aliphatic rings. The van der Waals surface area contributed by atoms with Gasteiger partial charge in [-0.05, 0) is 12.0 Å². The molecule has 1 amide bonds. The minimum atomic E-state index is -0.928. The zero-order chi connectivity index (χ0) is 13.9. The van der Waals surface area contributed by atoms with E-state index in [0.717, 1.165) is 5.69 Å². The molecule has 1 rings (SSSR count). The van der Waals surface area contributed by atoms with Crippen LogP contribution in [-0.2, 0) is 11.8 Å². The van der Waals surface area contributed by atoms with Gasteiger partial charge in [-0.25, -0.2) is 0 Å². The first-order valence-corrected chi connectivity index (χ1v) is 5.87. The number of rotatable bonds is 5. The fraction of sp³-hybridized carbons (Fsp3) is 0.583. The smallest absolute Gasteiger partial charge is 0.308 e. The van der Waals surface area contributed by atoms with Crippen LogP contribution in [0.1, 0.15) is 42.9 Å². The fourth-order valence-electron chi connectivity index (χ4n) is 1.41. The van der Waals surface area contributed by atoms with Crippen molar-refractivity contribution in [1.82, 2.24) is 15.1 Å². The summed E-state index contributed by atoms with van der Waals surface area (Å²) in [5.41, 5.74) is 1.28. The highest BCUT2D eigenvalue weighted by Crippen LogP contribution is 2.13. The lowest BCUT2D eigenvalue weighted by Gasteiger charge is -2.08. The number of hydrogen-bond acceptors (Lipinski definition) is 3. The van der Waals surface area contributed by atoms with Crippen LogP contribution in [0.5, 0.6) is 0 Å². The van der Waals surface area contributed by atoms with Gasteiger partial charge in [-0.3, -0.25) is 14.3 Å². The summed E-state index contributed by atoms with van der Waals surface area (Å²) in [4.78, 5) is 22.5. The molecule has 2 N–H and O–H groups in total. The van der Waals surface area contributed by atoms with Crippen LogP contribution in [0.25, 0.3) is 0 Å². The summed E-state index contributed by atoms with van der Waals surface area (Å²) < 4.78 is 1.51. The quantitative estimate of drug-likeness (QED) is 0.819. The van der Waals surface area contributed by atoms with Crippen LogP contribution in [0, 0.1) is 5.92 Å². The van der Waals surface area contributed by atoms with Crippen LogP contribution in [0.4, 0.5) is 0 Å². The summed E-state index contributed by atoms with van der Waals surface area (Å²) in [6.07, 6.45) is 0. The predicted molar refractivity (Wildman–Crippen MR) is 66.4 cm³/mol. The van der Waals surface area contributed by atoms with E-state index in [-0.39, 0.29) is 18.4 Å². The number of aromatic nitrogens is 2. The Bertz CT molecular complexity index is 451. The lowest BCUT2D eigenvalue weighted by atomic mass is 10.1.